The molecule has 8 nitrogen and oxygen atoms in total. The third kappa shape index (κ3) is 4.73. The van der Waals surface area contributed by atoms with Crippen LogP contribution in [0.4, 0.5) is 0 Å². The molecule has 1 aliphatic rings. The Morgan fingerprint density at radius 1 is 1.13 bits per heavy atom. The largest absolute Gasteiger partial charge is 0.478 e. The zero-order valence-electron chi connectivity index (χ0n) is 20.3. The van der Waals surface area contributed by atoms with Crippen LogP contribution in [0.15, 0.2) is 86.1 Å². The number of thiazole rings is 1. The first-order valence-corrected chi connectivity index (χ1v) is 12.8. The molecule has 3 heterocycles. The van der Waals surface area contributed by atoms with Crippen molar-refractivity contribution in [2.75, 3.05) is 6.61 Å². The maximum Gasteiger partial charge on any atom is 0.338 e. The first-order valence-electron chi connectivity index (χ1n) is 11.7. The lowest BCUT2D eigenvalue weighted by atomic mass is 9.96. The number of hydrogen-bond donors (Lipinski definition) is 1. The Morgan fingerprint density at radius 2 is 1.84 bits per heavy atom. The van der Waals surface area contributed by atoms with Crippen LogP contribution in [0.5, 0.6) is 0 Å². The van der Waals surface area contributed by atoms with Gasteiger partial charge in [-0.15, -0.1) is 0 Å². The number of halogens is 1. The number of aromatic nitrogens is 1. The maximum atomic E-state index is 13.7. The lowest BCUT2D eigenvalue weighted by Gasteiger charge is -2.24. The molecule has 0 unspecified atom stereocenters. The average Bonchev–Trinajstić information content (AvgIpc) is 3.48. The molecule has 10 heteroatoms. The summed E-state index contributed by atoms with van der Waals surface area (Å²) in [4.78, 5) is 42.7. The topological polar surface area (TPSA) is 111 Å². The van der Waals surface area contributed by atoms with Gasteiger partial charge in [0.1, 0.15) is 11.5 Å². The summed E-state index contributed by atoms with van der Waals surface area (Å²) in [5, 5.41) is 9.64. The van der Waals surface area contributed by atoms with Gasteiger partial charge in [0.25, 0.3) is 5.56 Å². The fraction of sp³-hybridized carbons (Fsp3) is 0.143. The number of fused-ring (bicyclic) bond motifs is 1. The zero-order valence-corrected chi connectivity index (χ0v) is 21.9. The summed E-state index contributed by atoms with van der Waals surface area (Å²) in [5.41, 5.74) is 2.01. The third-order valence-corrected chi connectivity index (χ3v) is 7.25. The number of hydrogen-bond acceptors (Lipinski definition) is 7. The van der Waals surface area contributed by atoms with Crippen LogP contribution in [0.1, 0.15) is 41.6 Å². The van der Waals surface area contributed by atoms with Crippen LogP contribution >= 0.6 is 22.9 Å². The van der Waals surface area contributed by atoms with Gasteiger partial charge >= 0.3 is 11.9 Å². The normalized spacial score (nSPS) is 15.2. The van der Waals surface area contributed by atoms with Crippen LogP contribution in [-0.2, 0) is 9.53 Å². The number of ether oxygens (including phenoxy) is 1. The molecule has 0 amide bonds. The van der Waals surface area contributed by atoms with Crippen molar-refractivity contribution in [2.45, 2.75) is 19.9 Å². The van der Waals surface area contributed by atoms with Gasteiger partial charge in [-0.25, -0.2) is 14.6 Å². The minimum Gasteiger partial charge on any atom is -0.478 e. The van der Waals surface area contributed by atoms with Crippen LogP contribution in [0.25, 0.3) is 17.4 Å². The Kier molecular flexibility index (Phi) is 6.88. The van der Waals surface area contributed by atoms with E-state index in [1.807, 2.05) is 0 Å². The summed E-state index contributed by atoms with van der Waals surface area (Å²) in [6, 6.07) is 16.0. The standard InChI is InChI=1S/C28H21ClN2O6S/c1-3-36-27(35)23-15(2)30-28-31(24(23)17-8-10-19(29)11-9-17)25(32)22(38-28)14-20-12-13-21(37-20)16-4-6-18(7-5-16)26(33)34/h4-14,24H,3H2,1-2H3,(H,33,34)/b22-14-/t24-/m1/s1. The summed E-state index contributed by atoms with van der Waals surface area (Å²) >= 11 is 7.28. The van der Waals surface area contributed by atoms with Gasteiger partial charge < -0.3 is 14.3 Å². The van der Waals surface area contributed by atoms with Crippen molar-refractivity contribution < 1.29 is 23.8 Å². The molecule has 2 aromatic carbocycles. The first kappa shape index (κ1) is 25.4. The van der Waals surface area contributed by atoms with Crippen molar-refractivity contribution in [2.24, 2.45) is 4.99 Å². The first-order chi connectivity index (χ1) is 18.3. The number of rotatable bonds is 6. The molecule has 0 aliphatic carbocycles. The predicted molar refractivity (Wildman–Crippen MR) is 143 cm³/mol. The number of nitrogens with zero attached hydrogens (tertiary/aromatic N) is 2. The molecule has 4 aromatic rings. The Bertz CT molecular complexity index is 1760. The average molecular weight is 549 g/mol. The molecule has 0 radical (unpaired) electrons. The Labute approximate surface area is 225 Å². The number of benzene rings is 2. The molecule has 2 aromatic heterocycles. The molecular formula is C28H21ClN2O6S. The summed E-state index contributed by atoms with van der Waals surface area (Å²) in [7, 11) is 0. The van der Waals surface area contributed by atoms with Crippen LogP contribution in [0.2, 0.25) is 5.02 Å². The number of furan rings is 1. The maximum absolute atomic E-state index is 13.7. The number of carboxylic acids is 1. The monoisotopic (exact) mass is 548 g/mol. The van der Waals surface area contributed by atoms with Crippen LogP contribution in [0, 0.1) is 0 Å². The van der Waals surface area contributed by atoms with Gasteiger partial charge in [0.2, 0.25) is 0 Å². The highest BCUT2D eigenvalue weighted by molar-refractivity contribution is 7.07. The number of carboxylic acid groups (broad SMARTS) is 1. The molecule has 38 heavy (non-hydrogen) atoms. The van der Waals surface area contributed by atoms with E-state index >= 15 is 0 Å². The van der Waals surface area contributed by atoms with Gasteiger partial charge in [-0.2, -0.15) is 0 Å². The SMILES string of the molecule is CCOC(=O)C1=C(C)N=c2s/c(=C\c3ccc(-c4ccc(C(=O)O)cc4)o3)c(=O)n2[C@@H]1c1ccc(Cl)cc1. The number of aromatic carboxylic acids is 1. The van der Waals surface area contributed by atoms with E-state index in [0.29, 0.717) is 48.3 Å². The number of esters is 1. The van der Waals surface area contributed by atoms with E-state index in [1.165, 1.54) is 28.0 Å². The molecule has 0 bridgehead atoms. The van der Waals surface area contributed by atoms with Crippen molar-refractivity contribution >= 4 is 41.0 Å². The molecule has 192 valence electrons. The van der Waals surface area contributed by atoms with Crippen molar-refractivity contribution in [3.05, 3.63) is 114 Å². The van der Waals surface area contributed by atoms with Gasteiger partial charge in [0.05, 0.1) is 34.0 Å². The predicted octanol–water partition coefficient (Wildman–Crippen LogP) is 4.41. The van der Waals surface area contributed by atoms with Gasteiger partial charge in [-0.3, -0.25) is 9.36 Å². The Hall–Kier alpha value is -4.21. The van der Waals surface area contributed by atoms with E-state index in [9.17, 15) is 14.4 Å². The van der Waals surface area contributed by atoms with Gasteiger partial charge in [-0.05, 0) is 55.8 Å². The lowest BCUT2D eigenvalue weighted by molar-refractivity contribution is -0.139. The van der Waals surface area contributed by atoms with Gasteiger partial charge in [-0.1, -0.05) is 47.2 Å². The van der Waals surface area contributed by atoms with Crippen molar-refractivity contribution in [1.29, 1.82) is 0 Å². The fourth-order valence-corrected chi connectivity index (χ4v) is 5.40. The number of allylic oxidation sites excluding steroid dienone is 1. The summed E-state index contributed by atoms with van der Waals surface area (Å²) < 4.78 is 13.1. The molecule has 1 aliphatic heterocycles. The van der Waals surface area contributed by atoms with Gasteiger partial charge in [0.15, 0.2) is 4.80 Å². The molecule has 1 N–H and O–H groups in total. The second kappa shape index (κ2) is 10.3. The highest BCUT2D eigenvalue weighted by atomic mass is 35.5. The molecular weight excluding hydrogens is 528 g/mol. The van der Waals surface area contributed by atoms with Crippen molar-refractivity contribution in [3.8, 4) is 11.3 Å². The van der Waals surface area contributed by atoms with Crippen molar-refractivity contribution in [3.63, 3.8) is 0 Å². The van der Waals surface area contributed by atoms with E-state index in [2.05, 4.69) is 4.99 Å². The lowest BCUT2D eigenvalue weighted by Crippen LogP contribution is -2.39. The second-order valence-electron chi connectivity index (χ2n) is 8.44. The minimum atomic E-state index is -1.01. The zero-order chi connectivity index (χ0) is 27.0. The van der Waals surface area contributed by atoms with E-state index in [0.717, 1.165) is 0 Å². The summed E-state index contributed by atoms with van der Waals surface area (Å²) in [6.07, 6.45) is 1.63. The number of carbonyl (C=O) groups is 2. The van der Waals surface area contributed by atoms with Crippen LogP contribution in [0.3, 0.4) is 0 Å². The quantitative estimate of drug-likeness (QED) is 0.357. The molecule has 5 rings (SSSR count). The van der Waals surface area contributed by atoms with E-state index < -0.39 is 18.0 Å². The second-order valence-corrected chi connectivity index (χ2v) is 9.88. The summed E-state index contributed by atoms with van der Waals surface area (Å²) in [6.45, 7) is 3.63. The molecule has 0 saturated carbocycles. The highest BCUT2D eigenvalue weighted by Crippen LogP contribution is 2.31. The minimum absolute atomic E-state index is 0.175. The number of carbonyl (C=O) groups excluding carboxylic acids is 1. The third-order valence-electron chi connectivity index (χ3n) is 6.02. The van der Waals surface area contributed by atoms with Crippen molar-refractivity contribution in [1.82, 2.24) is 4.57 Å². The Morgan fingerprint density at radius 3 is 2.50 bits per heavy atom. The molecule has 1 atom stereocenters. The van der Waals surface area contributed by atoms with E-state index in [4.69, 9.17) is 25.9 Å². The molecule has 0 saturated heterocycles. The van der Waals surface area contributed by atoms with Gasteiger partial charge in [0, 0.05) is 16.7 Å². The highest BCUT2D eigenvalue weighted by Gasteiger charge is 2.33. The van der Waals surface area contributed by atoms with E-state index in [-0.39, 0.29) is 17.7 Å². The Balaban J connectivity index is 1.59. The summed E-state index contributed by atoms with van der Waals surface area (Å²) in [5.74, 6) is -0.574. The van der Waals surface area contributed by atoms with E-state index in [1.54, 1.807) is 68.5 Å². The smallest absolute Gasteiger partial charge is 0.338 e. The molecule has 0 spiro atoms. The fourth-order valence-electron chi connectivity index (χ4n) is 4.24. The molecule has 0 fully saturated rings. The van der Waals surface area contributed by atoms with Crippen LogP contribution in [-0.4, -0.2) is 28.2 Å². The van der Waals surface area contributed by atoms with Crippen LogP contribution < -0.4 is 14.9 Å².